The molecule has 1 aromatic heterocycles. The van der Waals surface area contributed by atoms with E-state index in [-0.39, 0.29) is 0 Å². The largest absolute Gasteiger partial charge is 0.390 e. The summed E-state index contributed by atoms with van der Waals surface area (Å²) in [6.45, 7) is 3.23. The minimum Gasteiger partial charge on any atom is -0.390 e. The zero-order valence-electron chi connectivity index (χ0n) is 7.32. The zero-order chi connectivity index (χ0) is 9.19. The van der Waals surface area contributed by atoms with Crippen LogP contribution in [0.25, 0.3) is 0 Å². The van der Waals surface area contributed by atoms with Crippen LogP contribution in [0.3, 0.4) is 0 Å². The summed E-state index contributed by atoms with van der Waals surface area (Å²) >= 11 is 1.60. The van der Waals surface area contributed by atoms with Gasteiger partial charge in [-0.05, 0) is 25.3 Å². The molecular weight excluding hydrogens is 172 g/mol. The highest BCUT2D eigenvalue weighted by atomic mass is 32.1. The van der Waals surface area contributed by atoms with Crippen LogP contribution in [-0.4, -0.2) is 21.9 Å². The summed E-state index contributed by atoms with van der Waals surface area (Å²) in [6.07, 6.45) is -0.155. The Morgan fingerprint density at radius 2 is 2.25 bits per heavy atom. The summed E-state index contributed by atoms with van der Waals surface area (Å²) in [5.74, 6) is 0. The van der Waals surface area contributed by atoms with Gasteiger partial charge in [0.15, 0.2) is 0 Å². The molecule has 68 valence electrons. The molecule has 0 saturated heterocycles. The van der Waals surface area contributed by atoms with Crippen LogP contribution in [-0.2, 0) is 6.42 Å². The summed E-state index contributed by atoms with van der Waals surface area (Å²) in [4.78, 5) is 1.10. The monoisotopic (exact) mass is 186 g/mol. The van der Waals surface area contributed by atoms with Crippen LogP contribution >= 0.6 is 11.3 Å². The lowest BCUT2D eigenvalue weighted by molar-refractivity contribution is -0.0465. The fourth-order valence-corrected chi connectivity index (χ4v) is 1.61. The van der Waals surface area contributed by atoms with Crippen LogP contribution in [0.4, 0.5) is 0 Å². The first-order valence-electron chi connectivity index (χ1n) is 3.93. The van der Waals surface area contributed by atoms with E-state index in [1.54, 1.807) is 25.2 Å². The molecule has 1 heterocycles. The highest BCUT2D eigenvalue weighted by molar-refractivity contribution is 7.09. The van der Waals surface area contributed by atoms with Gasteiger partial charge in [-0.2, -0.15) is 0 Å². The van der Waals surface area contributed by atoms with Crippen molar-refractivity contribution in [2.45, 2.75) is 32.0 Å². The number of thiophene rings is 1. The molecule has 12 heavy (non-hydrogen) atoms. The third-order valence-electron chi connectivity index (χ3n) is 1.79. The van der Waals surface area contributed by atoms with E-state index in [1.165, 1.54) is 0 Å². The Balaban J connectivity index is 2.53. The molecule has 0 amide bonds. The third kappa shape index (κ3) is 2.59. The van der Waals surface area contributed by atoms with Crippen molar-refractivity contribution < 1.29 is 10.2 Å². The van der Waals surface area contributed by atoms with Gasteiger partial charge in [0, 0.05) is 11.3 Å². The lowest BCUT2D eigenvalue weighted by Gasteiger charge is -2.23. The van der Waals surface area contributed by atoms with E-state index in [0.717, 1.165) is 4.88 Å². The van der Waals surface area contributed by atoms with Gasteiger partial charge in [0.1, 0.15) is 0 Å². The fourth-order valence-electron chi connectivity index (χ4n) is 0.869. The van der Waals surface area contributed by atoms with Gasteiger partial charge in [-0.3, -0.25) is 0 Å². The van der Waals surface area contributed by atoms with Crippen LogP contribution in [0, 0.1) is 0 Å². The van der Waals surface area contributed by atoms with Gasteiger partial charge >= 0.3 is 0 Å². The highest BCUT2D eigenvalue weighted by Crippen LogP contribution is 2.17. The second-order valence-corrected chi connectivity index (χ2v) is 4.49. The molecule has 2 nitrogen and oxygen atoms in total. The maximum Gasteiger partial charge on any atom is 0.0869 e. The van der Waals surface area contributed by atoms with Crippen molar-refractivity contribution >= 4 is 11.3 Å². The SMILES string of the molecule is CC(C)(O)C(O)Cc1cccs1. The molecule has 0 saturated carbocycles. The number of aliphatic hydroxyl groups excluding tert-OH is 1. The molecule has 0 radical (unpaired) electrons. The summed E-state index contributed by atoms with van der Waals surface area (Å²) in [5.41, 5.74) is -1.01. The zero-order valence-corrected chi connectivity index (χ0v) is 8.14. The van der Waals surface area contributed by atoms with Crippen LogP contribution in [0.5, 0.6) is 0 Å². The van der Waals surface area contributed by atoms with E-state index in [4.69, 9.17) is 0 Å². The predicted molar refractivity (Wildman–Crippen MR) is 50.3 cm³/mol. The summed E-state index contributed by atoms with van der Waals surface area (Å²) in [5, 5.41) is 20.9. The van der Waals surface area contributed by atoms with Gasteiger partial charge in [-0.1, -0.05) is 6.07 Å². The number of rotatable bonds is 3. The Morgan fingerprint density at radius 3 is 2.67 bits per heavy atom. The minimum atomic E-state index is -1.01. The van der Waals surface area contributed by atoms with Crippen molar-refractivity contribution in [2.24, 2.45) is 0 Å². The van der Waals surface area contributed by atoms with Crippen LogP contribution in [0.1, 0.15) is 18.7 Å². The maximum absolute atomic E-state index is 9.51. The number of hydrogen-bond donors (Lipinski definition) is 2. The van der Waals surface area contributed by atoms with E-state index < -0.39 is 11.7 Å². The fraction of sp³-hybridized carbons (Fsp3) is 0.556. The number of aliphatic hydroxyl groups is 2. The second-order valence-electron chi connectivity index (χ2n) is 3.45. The molecule has 3 heteroatoms. The van der Waals surface area contributed by atoms with Crippen molar-refractivity contribution in [2.75, 3.05) is 0 Å². The van der Waals surface area contributed by atoms with E-state index in [0.29, 0.717) is 6.42 Å². The first-order chi connectivity index (χ1) is 5.50. The maximum atomic E-state index is 9.51. The van der Waals surface area contributed by atoms with Crippen molar-refractivity contribution in [1.82, 2.24) is 0 Å². The third-order valence-corrected chi connectivity index (χ3v) is 2.69. The summed E-state index contributed by atoms with van der Waals surface area (Å²) in [7, 11) is 0. The smallest absolute Gasteiger partial charge is 0.0869 e. The van der Waals surface area contributed by atoms with Crippen LogP contribution in [0.15, 0.2) is 17.5 Å². The van der Waals surface area contributed by atoms with Gasteiger partial charge in [0.2, 0.25) is 0 Å². The molecule has 2 N–H and O–H groups in total. The highest BCUT2D eigenvalue weighted by Gasteiger charge is 2.24. The van der Waals surface area contributed by atoms with E-state index in [2.05, 4.69) is 0 Å². The van der Waals surface area contributed by atoms with E-state index >= 15 is 0 Å². The van der Waals surface area contributed by atoms with Gasteiger partial charge in [0.05, 0.1) is 11.7 Å². The Kier molecular flexibility index (Phi) is 2.88. The van der Waals surface area contributed by atoms with Gasteiger partial charge in [-0.25, -0.2) is 0 Å². The van der Waals surface area contributed by atoms with E-state index in [1.807, 2.05) is 17.5 Å². The lowest BCUT2D eigenvalue weighted by atomic mass is 9.99. The Bertz CT molecular complexity index is 223. The number of hydrogen-bond acceptors (Lipinski definition) is 3. The van der Waals surface area contributed by atoms with Gasteiger partial charge in [0.25, 0.3) is 0 Å². The van der Waals surface area contributed by atoms with Crippen LogP contribution < -0.4 is 0 Å². The topological polar surface area (TPSA) is 40.5 Å². The molecule has 0 fully saturated rings. The average molecular weight is 186 g/mol. The minimum absolute atomic E-state index is 0.529. The van der Waals surface area contributed by atoms with Crippen molar-refractivity contribution in [1.29, 1.82) is 0 Å². The molecule has 0 aliphatic carbocycles. The van der Waals surface area contributed by atoms with Gasteiger partial charge in [-0.15, -0.1) is 11.3 Å². The quantitative estimate of drug-likeness (QED) is 0.749. The molecule has 1 rings (SSSR count). The van der Waals surface area contributed by atoms with Crippen molar-refractivity contribution in [3.63, 3.8) is 0 Å². The van der Waals surface area contributed by atoms with Crippen LogP contribution in [0.2, 0.25) is 0 Å². The molecule has 0 aliphatic heterocycles. The van der Waals surface area contributed by atoms with E-state index in [9.17, 15) is 10.2 Å². The first kappa shape index (κ1) is 9.71. The molecule has 0 aromatic carbocycles. The first-order valence-corrected chi connectivity index (χ1v) is 4.81. The molecule has 0 aliphatic rings. The molecule has 1 atom stereocenters. The second kappa shape index (κ2) is 3.56. The Labute approximate surface area is 76.5 Å². The standard InChI is InChI=1S/C9H14O2S/c1-9(2,11)8(10)6-7-4-3-5-12-7/h3-5,8,10-11H,6H2,1-2H3. The molecule has 1 aromatic rings. The summed E-state index contributed by atoms with van der Waals surface area (Å²) in [6, 6.07) is 3.90. The predicted octanol–water partition coefficient (Wildman–Crippen LogP) is 1.42. The van der Waals surface area contributed by atoms with Crippen molar-refractivity contribution in [3.05, 3.63) is 22.4 Å². The average Bonchev–Trinajstić information content (AvgIpc) is 2.37. The molecule has 1 unspecified atom stereocenters. The molecule has 0 bridgehead atoms. The Hall–Kier alpha value is -0.380. The normalized spacial score (nSPS) is 14.7. The lowest BCUT2D eigenvalue weighted by Crippen LogP contribution is -2.37. The Morgan fingerprint density at radius 1 is 1.58 bits per heavy atom. The van der Waals surface area contributed by atoms with Gasteiger partial charge < -0.3 is 10.2 Å². The summed E-state index contributed by atoms with van der Waals surface area (Å²) < 4.78 is 0. The molecule has 0 spiro atoms. The molecular formula is C9H14O2S. The van der Waals surface area contributed by atoms with Crippen molar-refractivity contribution in [3.8, 4) is 0 Å².